The standard InChI is InChI=1S/C24H29N7O/c1-23(2)9-16(10-24(3,4)30-23)31(5)22-14-26-20(13-27-22)17-7-6-15(8-21(17)32)18-12-28-29-19(18)11-25/h6-8,12-14,16,30,32H,9-10H2,1-5H3,(H,28,29). The van der Waals surface area contributed by atoms with Gasteiger partial charge in [0.15, 0.2) is 0 Å². The highest BCUT2D eigenvalue weighted by molar-refractivity contribution is 5.75. The molecule has 32 heavy (non-hydrogen) atoms. The first-order chi connectivity index (χ1) is 15.1. The second kappa shape index (κ2) is 7.92. The smallest absolute Gasteiger partial charge is 0.147 e. The van der Waals surface area contributed by atoms with Crippen molar-refractivity contribution in [3.05, 3.63) is 42.5 Å². The predicted octanol–water partition coefficient (Wildman–Crippen LogP) is 3.86. The molecule has 0 bridgehead atoms. The molecule has 0 amide bonds. The number of benzene rings is 1. The van der Waals surface area contributed by atoms with Gasteiger partial charge in [-0.1, -0.05) is 6.07 Å². The lowest BCUT2D eigenvalue weighted by molar-refractivity contribution is 0.160. The largest absolute Gasteiger partial charge is 0.507 e. The highest BCUT2D eigenvalue weighted by Crippen LogP contribution is 2.35. The summed E-state index contributed by atoms with van der Waals surface area (Å²) in [6, 6.07) is 7.64. The Hall–Kier alpha value is -3.44. The van der Waals surface area contributed by atoms with Gasteiger partial charge in [-0.2, -0.15) is 10.4 Å². The molecule has 0 unspecified atom stereocenters. The summed E-state index contributed by atoms with van der Waals surface area (Å²) in [6.45, 7) is 8.94. The quantitative estimate of drug-likeness (QED) is 0.575. The Morgan fingerprint density at radius 3 is 2.38 bits per heavy atom. The molecule has 0 radical (unpaired) electrons. The van der Waals surface area contributed by atoms with Gasteiger partial charge in [0.05, 0.1) is 24.3 Å². The number of aromatic nitrogens is 4. The molecule has 2 aromatic heterocycles. The zero-order valence-corrected chi connectivity index (χ0v) is 19.1. The number of hydrogen-bond acceptors (Lipinski definition) is 7. The van der Waals surface area contributed by atoms with Gasteiger partial charge in [0.1, 0.15) is 23.3 Å². The number of rotatable bonds is 4. The van der Waals surface area contributed by atoms with Crippen LogP contribution in [0.5, 0.6) is 5.75 Å². The number of aromatic hydroxyl groups is 1. The third-order valence-corrected chi connectivity index (χ3v) is 6.05. The summed E-state index contributed by atoms with van der Waals surface area (Å²) in [6.07, 6.45) is 7.04. The van der Waals surface area contributed by atoms with Crippen LogP contribution in [0.4, 0.5) is 5.82 Å². The number of phenols is 1. The van der Waals surface area contributed by atoms with Crippen molar-refractivity contribution in [2.45, 2.75) is 57.7 Å². The van der Waals surface area contributed by atoms with Gasteiger partial charge in [-0.25, -0.2) is 4.98 Å². The monoisotopic (exact) mass is 431 g/mol. The van der Waals surface area contributed by atoms with Crippen LogP contribution in [0.15, 0.2) is 36.8 Å². The molecule has 0 aliphatic carbocycles. The molecular formula is C24H29N7O. The summed E-state index contributed by atoms with van der Waals surface area (Å²) in [5.74, 6) is 0.880. The van der Waals surface area contributed by atoms with E-state index in [0.717, 1.165) is 18.7 Å². The van der Waals surface area contributed by atoms with Crippen molar-refractivity contribution in [3.63, 3.8) is 0 Å². The molecule has 3 aromatic rings. The molecule has 166 valence electrons. The molecule has 3 N–H and O–H groups in total. The Morgan fingerprint density at radius 2 is 1.78 bits per heavy atom. The van der Waals surface area contributed by atoms with Crippen molar-refractivity contribution >= 4 is 5.82 Å². The van der Waals surface area contributed by atoms with E-state index in [1.165, 1.54) is 0 Å². The number of anilines is 1. The molecule has 3 heterocycles. The van der Waals surface area contributed by atoms with Crippen LogP contribution in [0, 0.1) is 11.3 Å². The molecule has 0 saturated carbocycles. The lowest BCUT2D eigenvalue weighted by Gasteiger charge is -2.49. The summed E-state index contributed by atoms with van der Waals surface area (Å²) in [4.78, 5) is 11.4. The molecule has 1 aliphatic rings. The molecule has 0 atom stereocenters. The van der Waals surface area contributed by atoms with Gasteiger partial charge >= 0.3 is 0 Å². The van der Waals surface area contributed by atoms with Crippen LogP contribution in [-0.2, 0) is 0 Å². The fraction of sp³-hybridized carbons (Fsp3) is 0.417. The van der Waals surface area contributed by atoms with Crippen molar-refractivity contribution < 1.29 is 5.11 Å². The second-order valence-corrected chi connectivity index (χ2v) is 9.83. The Morgan fingerprint density at radius 1 is 1.06 bits per heavy atom. The second-order valence-electron chi connectivity index (χ2n) is 9.83. The van der Waals surface area contributed by atoms with Crippen LogP contribution in [0.1, 0.15) is 46.2 Å². The normalized spacial score (nSPS) is 17.6. The van der Waals surface area contributed by atoms with Crippen LogP contribution in [-0.4, -0.2) is 49.4 Å². The maximum atomic E-state index is 10.6. The minimum Gasteiger partial charge on any atom is -0.507 e. The van der Waals surface area contributed by atoms with E-state index < -0.39 is 0 Å². The average Bonchev–Trinajstić information content (AvgIpc) is 3.20. The Labute approximate surface area is 188 Å². The summed E-state index contributed by atoms with van der Waals surface area (Å²) in [5, 5.41) is 30.1. The van der Waals surface area contributed by atoms with Crippen molar-refractivity contribution in [1.82, 2.24) is 25.5 Å². The Kier molecular flexibility index (Phi) is 5.39. The number of nitrogens with zero attached hydrogens (tertiary/aromatic N) is 5. The summed E-state index contributed by atoms with van der Waals surface area (Å²) >= 11 is 0. The van der Waals surface area contributed by atoms with Gasteiger partial charge < -0.3 is 15.3 Å². The van der Waals surface area contributed by atoms with E-state index in [0.29, 0.717) is 34.1 Å². The third kappa shape index (κ3) is 4.30. The van der Waals surface area contributed by atoms with Gasteiger partial charge in [0, 0.05) is 35.3 Å². The van der Waals surface area contributed by atoms with E-state index in [9.17, 15) is 10.4 Å². The molecule has 1 fully saturated rings. The number of aromatic amines is 1. The van der Waals surface area contributed by atoms with Gasteiger partial charge in [-0.15, -0.1) is 0 Å². The molecule has 1 aromatic carbocycles. The minimum atomic E-state index is 0.0436. The lowest BCUT2D eigenvalue weighted by atomic mass is 9.79. The number of hydrogen-bond donors (Lipinski definition) is 3. The molecule has 1 aliphatic heterocycles. The lowest BCUT2D eigenvalue weighted by Crippen LogP contribution is -2.62. The summed E-state index contributed by atoms with van der Waals surface area (Å²) in [5.41, 5.74) is 2.96. The summed E-state index contributed by atoms with van der Waals surface area (Å²) < 4.78 is 0. The number of phenolic OH excluding ortho intramolecular Hbond substituents is 1. The fourth-order valence-corrected chi connectivity index (χ4v) is 4.88. The SMILES string of the molecule is CN(c1cnc(-c2ccc(-c3cn[nH]c3C#N)cc2O)cn1)C1CC(C)(C)NC(C)(C)C1. The molecule has 4 rings (SSSR count). The molecular weight excluding hydrogens is 402 g/mol. The number of nitriles is 1. The summed E-state index contributed by atoms with van der Waals surface area (Å²) in [7, 11) is 2.07. The first-order valence-electron chi connectivity index (χ1n) is 10.7. The Balaban J connectivity index is 1.56. The molecule has 1 saturated heterocycles. The zero-order chi connectivity index (χ0) is 23.1. The van der Waals surface area contributed by atoms with Crippen molar-refractivity contribution in [2.75, 3.05) is 11.9 Å². The number of nitrogens with one attached hydrogen (secondary N) is 2. The third-order valence-electron chi connectivity index (χ3n) is 6.05. The maximum Gasteiger partial charge on any atom is 0.147 e. The van der Waals surface area contributed by atoms with E-state index in [1.54, 1.807) is 30.7 Å². The van der Waals surface area contributed by atoms with Crippen LogP contribution in [0.3, 0.4) is 0 Å². The van der Waals surface area contributed by atoms with E-state index in [4.69, 9.17) is 0 Å². The average molecular weight is 432 g/mol. The highest BCUT2D eigenvalue weighted by Gasteiger charge is 2.39. The van der Waals surface area contributed by atoms with E-state index in [1.807, 2.05) is 6.07 Å². The zero-order valence-electron chi connectivity index (χ0n) is 19.1. The first-order valence-corrected chi connectivity index (χ1v) is 10.7. The fourth-order valence-electron chi connectivity index (χ4n) is 4.88. The van der Waals surface area contributed by atoms with Gasteiger partial charge in [0.2, 0.25) is 0 Å². The first kappa shape index (κ1) is 21.8. The molecule has 8 heteroatoms. The van der Waals surface area contributed by atoms with Crippen LogP contribution in [0.25, 0.3) is 22.4 Å². The molecule has 0 spiro atoms. The van der Waals surface area contributed by atoms with Crippen molar-refractivity contribution in [2.24, 2.45) is 0 Å². The van der Waals surface area contributed by atoms with Crippen LogP contribution in [0.2, 0.25) is 0 Å². The van der Waals surface area contributed by atoms with Gasteiger partial charge in [-0.3, -0.25) is 10.1 Å². The van der Waals surface area contributed by atoms with E-state index in [-0.39, 0.29) is 16.8 Å². The maximum absolute atomic E-state index is 10.6. The van der Waals surface area contributed by atoms with E-state index in [2.05, 4.69) is 71.2 Å². The predicted molar refractivity (Wildman–Crippen MR) is 124 cm³/mol. The highest BCUT2D eigenvalue weighted by atomic mass is 16.3. The number of H-pyrrole nitrogens is 1. The Bertz CT molecular complexity index is 1140. The van der Waals surface area contributed by atoms with E-state index >= 15 is 0 Å². The number of piperidine rings is 1. The minimum absolute atomic E-state index is 0.0436. The topological polar surface area (TPSA) is 114 Å². The van der Waals surface area contributed by atoms with Crippen LogP contribution < -0.4 is 10.2 Å². The molecule has 8 nitrogen and oxygen atoms in total. The van der Waals surface area contributed by atoms with Gasteiger partial charge in [0.25, 0.3) is 0 Å². The van der Waals surface area contributed by atoms with Crippen molar-refractivity contribution in [3.8, 4) is 34.2 Å². The van der Waals surface area contributed by atoms with Gasteiger partial charge in [-0.05, 0) is 58.2 Å². The van der Waals surface area contributed by atoms with Crippen molar-refractivity contribution in [1.29, 1.82) is 5.26 Å². The van der Waals surface area contributed by atoms with Crippen LogP contribution >= 0.6 is 0 Å².